The van der Waals surface area contributed by atoms with Crippen LogP contribution in [0.5, 0.6) is 0 Å². The Kier molecular flexibility index (Phi) is 1.75. The molecule has 1 radical (unpaired) electrons. The Hall–Kier alpha value is -0.500. The Morgan fingerprint density at radius 1 is 1.57 bits per heavy atom. The van der Waals surface area contributed by atoms with E-state index in [2.05, 4.69) is 16.9 Å². The van der Waals surface area contributed by atoms with Gasteiger partial charge in [-0.05, 0) is 12.8 Å². The Balaban J connectivity index is 2.20. The van der Waals surface area contributed by atoms with Gasteiger partial charge in [0.15, 0.2) is 0 Å². The van der Waals surface area contributed by atoms with E-state index in [1.54, 1.807) is 0 Å². The molecule has 1 N–H and O–H groups in total. The predicted octanol–water partition coefficient (Wildman–Crippen LogP) is 0.403. The van der Waals surface area contributed by atoms with Gasteiger partial charge in [-0.3, -0.25) is 0 Å². The molecule has 1 heterocycles. The van der Waals surface area contributed by atoms with E-state index in [0.29, 0.717) is 0 Å². The molecule has 0 atom stereocenters. The molecule has 2 heteroatoms. The first-order valence-electron chi connectivity index (χ1n) is 2.58. The normalized spacial score (nSPS) is 20.6. The SMILES string of the molecule is C1=C[N]NCCC1. The molecule has 1 rings (SSSR count). The second-order valence-corrected chi connectivity index (χ2v) is 1.56. The van der Waals surface area contributed by atoms with Crippen LogP contribution in [-0.2, 0) is 0 Å². The van der Waals surface area contributed by atoms with Crippen molar-refractivity contribution in [2.75, 3.05) is 6.54 Å². The first-order valence-corrected chi connectivity index (χ1v) is 2.58. The summed E-state index contributed by atoms with van der Waals surface area (Å²) < 4.78 is 0. The van der Waals surface area contributed by atoms with Gasteiger partial charge in [-0.15, -0.1) is 0 Å². The molecular weight excluding hydrogens is 88.1 g/mol. The highest BCUT2D eigenvalue weighted by Crippen LogP contribution is 1.89. The van der Waals surface area contributed by atoms with Gasteiger partial charge in [-0.1, -0.05) is 6.08 Å². The zero-order valence-electron chi connectivity index (χ0n) is 4.22. The van der Waals surface area contributed by atoms with Crippen LogP contribution in [0.25, 0.3) is 0 Å². The summed E-state index contributed by atoms with van der Waals surface area (Å²) in [6.45, 7) is 1.02. The second-order valence-electron chi connectivity index (χ2n) is 1.56. The van der Waals surface area contributed by atoms with Gasteiger partial charge in [0.1, 0.15) is 0 Å². The van der Waals surface area contributed by atoms with Crippen LogP contribution < -0.4 is 10.9 Å². The van der Waals surface area contributed by atoms with Crippen molar-refractivity contribution in [1.29, 1.82) is 0 Å². The van der Waals surface area contributed by atoms with Gasteiger partial charge in [0.05, 0.1) is 0 Å². The van der Waals surface area contributed by atoms with Gasteiger partial charge in [0.2, 0.25) is 0 Å². The molecule has 0 aromatic heterocycles. The lowest BCUT2D eigenvalue weighted by atomic mass is 10.3. The number of nitrogens with one attached hydrogen (secondary N) is 1. The molecule has 0 saturated heterocycles. The fraction of sp³-hybridized carbons (Fsp3) is 0.600. The van der Waals surface area contributed by atoms with E-state index in [-0.39, 0.29) is 0 Å². The van der Waals surface area contributed by atoms with Crippen LogP contribution in [0.4, 0.5) is 0 Å². The van der Waals surface area contributed by atoms with Gasteiger partial charge >= 0.3 is 0 Å². The number of nitrogens with zero attached hydrogens (tertiary/aromatic N) is 1. The molecule has 7 heavy (non-hydrogen) atoms. The molecule has 1 aliphatic heterocycles. The highest BCUT2D eigenvalue weighted by atomic mass is 15.3. The first-order chi connectivity index (χ1) is 3.50. The molecule has 0 saturated carbocycles. The smallest absolute Gasteiger partial charge is 0.0372 e. The van der Waals surface area contributed by atoms with Crippen molar-refractivity contribution in [1.82, 2.24) is 10.9 Å². The van der Waals surface area contributed by atoms with Crippen LogP contribution in [0, 0.1) is 0 Å². The van der Waals surface area contributed by atoms with Gasteiger partial charge in [-0.2, -0.15) is 0 Å². The lowest BCUT2D eigenvalue weighted by Crippen LogP contribution is -2.18. The fourth-order valence-corrected chi connectivity index (χ4v) is 0.543. The minimum absolute atomic E-state index is 1.02. The van der Waals surface area contributed by atoms with E-state index in [1.165, 1.54) is 6.42 Å². The minimum atomic E-state index is 1.02. The molecule has 0 amide bonds. The lowest BCUT2D eigenvalue weighted by molar-refractivity contribution is 0.612. The van der Waals surface area contributed by atoms with E-state index >= 15 is 0 Å². The number of allylic oxidation sites excluding steroid dienone is 1. The third kappa shape index (κ3) is 1.59. The zero-order valence-corrected chi connectivity index (χ0v) is 4.22. The van der Waals surface area contributed by atoms with Crippen molar-refractivity contribution < 1.29 is 0 Å². The standard InChI is InChI=1S/C5H9N2/c1-2-4-6-7-5-3-1/h2,4,7H,1,3,5H2. The zero-order chi connectivity index (χ0) is 4.95. The van der Waals surface area contributed by atoms with E-state index < -0.39 is 0 Å². The highest BCUT2D eigenvalue weighted by Gasteiger charge is 1.87. The largest absolute Gasteiger partial charge is 0.214 e. The fourth-order valence-electron chi connectivity index (χ4n) is 0.543. The van der Waals surface area contributed by atoms with Crippen LogP contribution >= 0.6 is 0 Å². The summed E-state index contributed by atoms with van der Waals surface area (Å²) in [5.74, 6) is 0. The molecule has 0 unspecified atom stereocenters. The third-order valence-corrected chi connectivity index (χ3v) is 0.931. The molecule has 39 valence electrons. The van der Waals surface area contributed by atoms with Crippen LogP contribution in [0.15, 0.2) is 12.3 Å². The average molecular weight is 97.1 g/mol. The number of rotatable bonds is 0. The van der Waals surface area contributed by atoms with Crippen LogP contribution in [-0.4, -0.2) is 6.54 Å². The Morgan fingerprint density at radius 3 is 3.57 bits per heavy atom. The molecule has 2 nitrogen and oxygen atoms in total. The molecule has 0 aliphatic carbocycles. The van der Waals surface area contributed by atoms with Gasteiger partial charge in [0.25, 0.3) is 0 Å². The highest BCUT2D eigenvalue weighted by molar-refractivity contribution is 4.79. The molecule has 0 spiro atoms. The minimum Gasteiger partial charge on any atom is -0.214 e. The summed E-state index contributed by atoms with van der Waals surface area (Å²) in [5.41, 5.74) is 6.73. The maximum Gasteiger partial charge on any atom is 0.0372 e. The maximum absolute atomic E-state index is 3.84. The quantitative estimate of drug-likeness (QED) is 0.465. The molecular formula is C5H9N2. The monoisotopic (exact) mass is 97.1 g/mol. The van der Waals surface area contributed by atoms with Crippen molar-refractivity contribution in [3.05, 3.63) is 12.3 Å². The summed E-state index contributed by atoms with van der Waals surface area (Å²) in [5, 5.41) is 0. The van der Waals surface area contributed by atoms with Crippen LogP contribution in [0.3, 0.4) is 0 Å². The Labute approximate surface area is 43.6 Å². The van der Waals surface area contributed by atoms with Crippen molar-refractivity contribution in [2.45, 2.75) is 12.8 Å². The lowest BCUT2D eigenvalue weighted by Gasteiger charge is -1.91. The molecule has 0 fully saturated rings. The van der Waals surface area contributed by atoms with Crippen LogP contribution in [0.2, 0.25) is 0 Å². The van der Waals surface area contributed by atoms with Crippen LogP contribution in [0.1, 0.15) is 12.8 Å². The molecule has 0 bridgehead atoms. The number of hydrogen-bond donors (Lipinski definition) is 1. The summed E-state index contributed by atoms with van der Waals surface area (Å²) in [6.07, 6.45) is 6.25. The van der Waals surface area contributed by atoms with Gasteiger partial charge in [0, 0.05) is 12.7 Å². The van der Waals surface area contributed by atoms with Crippen molar-refractivity contribution in [3.63, 3.8) is 0 Å². The predicted molar refractivity (Wildman–Crippen MR) is 28.5 cm³/mol. The van der Waals surface area contributed by atoms with E-state index in [0.717, 1.165) is 13.0 Å². The van der Waals surface area contributed by atoms with Gasteiger partial charge in [-0.25, -0.2) is 10.9 Å². The molecule has 0 aromatic carbocycles. The van der Waals surface area contributed by atoms with Crippen molar-refractivity contribution in [2.24, 2.45) is 0 Å². The topological polar surface area (TPSA) is 26.1 Å². The van der Waals surface area contributed by atoms with E-state index in [9.17, 15) is 0 Å². The summed E-state index contributed by atoms with van der Waals surface area (Å²) in [6, 6.07) is 0. The maximum atomic E-state index is 3.84. The van der Waals surface area contributed by atoms with Crippen molar-refractivity contribution >= 4 is 0 Å². The third-order valence-electron chi connectivity index (χ3n) is 0.931. The number of hydrogen-bond acceptors (Lipinski definition) is 1. The van der Waals surface area contributed by atoms with E-state index in [1.807, 2.05) is 6.20 Å². The molecule has 1 aliphatic rings. The average Bonchev–Trinajstić information content (AvgIpc) is 1.90. The summed E-state index contributed by atoms with van der Waals surface area (Å²) in [4.78, 5) is 0. The van der Waals surface area contributed by atoms with Gasteiger partial charge < -0.3 is 0 Å². The summed E-state index contributed by atoms with van der Waals surface area (Å²) >= 11 is 0. The van der Waals surface area contributed by atoms with Crippen molar-refractivity contribution in [3.8, 4) is 0 Å². The Bertz CT molecular complexity index is 60.5. The first kappa shape index (κ1) is 4.65. The Morgan fingerprint density at radius 2 is 2.57 bits per heavy atom. The summed E-state index contributed by atoms with van der Waals surface area (Å²) in [7, 11) is 0. The second kappa shape index (κ2) is 2.64. The van der Waals surface area contributed by atoms with E-state index in [4.69, 9.17) is 0 Å². The molecule has 0 aromatic rings.